The first-order chi connectivity index (χ1) is 6.92. The zero-order chi connectivity index (χ0) is 11.5. The molecule has 4 heteroatoms. The molecule has 0 bridgehead atoms. The quantitative estimate of drug-likeness (QED) is 0.630. The lowest BCUT2D eigenvalue weighted by Crippen LogP contribution is -2.28. The third-order valence-corrected chi connectivity index (χ3v) is 2.53. The molecule has 82 valence electrons. The van der Waals surface area contributed by atoms with Gasteiger partial charge in [-0.3, -0.25) is 0 Å². The van der Waals surface area contributed by atoms with Crippen LogP contribution in [0.5, 0.6) is 5.75 Å². The Kier molecular flexibility index (Phi) is 3.55. The first-order valence-electron chi connectivity index (χ1n) is 4.67. The lowest BCUT2D eigenvalue weighted by molar-refractivity contribution is 0.367. The standard InChI is InChI=1S/C11H16O3Si/c1-9(14-15(3,4)12)10-5-7-11(13-2)8-6-10/h5-8,12H,1H2,2-4H3. The average Bonchev–Trinajstić information content (AvgIpc) is 2.15. The smallest absolute Gasteiger partial charge is 0.389 e. The molecule has 0 unspecified atom stereocenters. The van der Waals surface area contributed by atoms with Crippen molar-refractivity contribution in [3.63, 3.8) is 0 Å². The molecule has 1 rings (SSSR count). The molecule has 0 fully saturated rings. The van der Waals surface area contributed by atoms with Gasteiger partial charge in [0, 0.05) is 5.56 Å². The molecule has 0 aliphatic rings. The summed E-state index contributed by atoms with van der Waals surface area (Å²) in [5, 5.41) is 0. The van der Waals surface area contributed by atoms with E-state index in [1.807, 2.05) is 24.3 Å². The fourth-order valence-electron chi connectivity index (χ4n) is 1.14. The lowest BCUT2D eigenvalue weighted by atomic mass is 10.2. The lowest BCUT2D eigenvalue weighted by Gasteiger charge is -2.18. The monoisotopic (exact) mass is 224 g/mol. The summed E-state index contributed by atoms with van der Waals surface area (Å²) in [6, 6.07) is 7.36. The van der Waals surface area contributed by atoms with E-state index in [1.165, 1.54) is 0 Å². The predicted octanol–water partition coefficient (Wildman–Crippen LogP) is 2.38. The van der Waals surface area contributed by atoms with Gasteiger partial charge in [-0.1, -0.05) is 6.58 Å². The number of hydrogen-bond donors (Lipinski definition) is 1. The fraction of sp³-hybridized carbons (Fsp3) is 0.273. The van der Waals surface area contributed by atoms with Gasteiger partial charge < -0.3 is 14.0 Å². The van der Waals surface area contributed by atoms with Crippen molar-refractivity contribution < 1.29 is 14.0 Å². The van der Waals surface area contributed by atoms with Gasteiger partial charge in [0.05, 0.1) is 7.11 Å². The maximum absolute atomic E-state index is 9.58. The second kappa shape index (κ2) is 4.50. The summed E-state index contributed by atoms with van der Waals surface area (Å²) >= 11 is 0. The van der Waals surface area contributed by atoms with Crippen LogP contribution in [-0.4, -0.2) is 20.5 Å². The van der Waals surface area contributed by atoms with E-state index < -0.39 is 8.56 Å². The Morgan fingerprint density at radius 2 is 1.80 bits per heavy atom. The van der Waals surface area contributed by atoms with Gasteiger partial charge >= 0.3 is 8.56 Å². The van der Waals surface area contributed by atoms with Crippen LogP contribution in [0, 0.1) is 0 Å². The molecule has 1 aromatic carbocycles. The van der Waals surface area contributed by atoms with Crippen molar-refractivity contribution >= 4 is 14.3 Å². The van der Waals surface area contributed by atoms with Crippen LogP contribution in [0.3, 0.4) is 0 Å². The molecule has 0 aliphatic heterocycles. The molecule has 0 saturated carbocycles. The van der Waals surface area contributed by atoms with Gasteiger partial charge in [-0.15, -0.1) is 0 Å². The van der Waals surface area contributed by atoms with Crippen molar-refractivity contribution in [3.05, 3.63) is 36.4 Å². The first-order valence-corrected chi connectivity index (χ1v) is 7.52. The molecule has 0 aliphatic carbocycles. The van der Waals surface area contributed by atoms with Crippen LogP contribution in [0.1, 0.15) is 5.56 Å². The summed E-state index contributed by atoms with van der Waals surface area (Å²) < 4.78 is 10.4. The molecule has 0 saturated heterocycles. The average molecular weight is 224 g/mol. The highest BCUT2D eigenvalue weighted by Gasteiger charge is 2.21. The van der Waals surface area contributed by atoms with Crippen LogP contribution in [0.25, 0.3) is 5.76 Å². The van der Waals surface area contributed by atoms with E-state index in [-0.39, 0.29) is 0 Å². The van der Waals surface area contributed by atoms with Crippen molar-refractivity contribution in [1.82, 2.24) is 0 Å². The molecule has 1 aromatic rings. The van der Waals surface area contributed by atoms with Crippen molar-refractivity contribution in [2.45, 2.75) is 13.1 Å². The fourth-order valence-corrected chi connectivity index (χ4v) is 1.86. The highest BCUT2D eigenvalue weighted by molar-refractivity contribution is 6.64. The molecule has 3 nitrogen and oxygen atoms in total. The summed E-state index contributed by atoms with van der Waals surface area (Å²) in [7, 11) is -0.941. The molecular formula is C11H16O3Si. The van der Waals surface area contributed by atoms with Crippen LogP contribution in [-0.2, 0) is 4.43 Å². The number of rotatable bonds is 4. The van der Waals surface area contributed by atoms with Crippen LogP contribution >= 0.6 is 0 Å². The molecule has 0 heterocycles. The van der Waals surface area contributed by atoms with Crippen LogP contribution in [0.4, 0.5) is 0 Å². The second-order valence-corrected chi connectivity index (χ2v) is 6.80. The number of benzene rings is 1. The number of ether oxygens (including phenoxy) is 1. The number of methoxy groups -OCH3 is 1. The molecule has 0 atom stereocenters. The van der Waals surface area contributed by atoms with E-state index >= 15 is 0 Å². The van der Waals surface area contributed by atoms with E-state index in [9.17, 15) is 4.80 Å². The Morgan fingerprint density at radius 3 is 2.20 bits per heavy atom. The van der Waals surface area contributed by atoms with Crippen molar-refractivity contribution in [1.29, 1.82) is 0 Å². The van der Waals surface area contributed by atoms with E-state index in [2.05, 4.69) is 6.58 Å². The van der Waals surface area contributed by atoms with Crippen molar-refractivity contribution in [2.75, 3.05) is 7.11 Å². The zero-order valence-electron chi connectivity index (χ0n) is 9.28. The predicted molar refractivity (Wildman–Crippen MR) is 62.8 cm³/mol. The first kappa shape index (κ1) is 11.8. The Hall–Kier alpha value is -1.26. The van der Waals surface area contributed by atoms with Gasteiger partial charge in [-0.2, -0.15) is 0 Å². The van der Waals surface area contributed by atoms with Gasteiger partial charge in [-0.05, 0) is 37.4 Å². The SMILES string of the molecule is C=C(O[Si](C)(C)O)c1ccc(OC)cc1. The maximum Gasteiger partial charge on any atom is 0.389 e. The Morgan fingerprint density at radius 1 is 1.27 bits per heavy atom. The molecule has 0 radical (unpaired) electrons. The van der Waals surface area contributed by atoms with Gasteiger partial charge in [0.25, 0.3) is 0 Å². The van der Waals surface area contributed by atoms with Gasteiger partial charge in [-0.25, -0.2) is 0 Å². The third kappa shape index (κ3) is 3.77. The van der Waals surface area contributed by atoms with Gasteiger partial charge in [0.15, 0.2) is 0 Å². The third-order valence-electron chi connectivity index (χ3n) is 1.78. The summed E-state index contributed by atoms with van der Waals surface area (Å²) in [4.78, 5) is 9.58. The Balaban J connectivity index is 2.75. The highest BCUT2D eigenvalue weighted by Crippen LogP contribution is 2.20. The minimum Gasteiger partial charge on any atom is -0.520 e. The van der Waals surface area contributed by atoms with Crippen LogP contribution in [0.2, 0.25) is 13.1 Å². The highest BCUT2D eigenvalue weighted by atomic mass is 28.4. The topological polar surface area (TPSA) is 38.7 Å². The molecule has 1 N–H and O–H groups in total. The van der Waals surface area contributed by atoms with Crippen molar-refractivity contribution in [2.24, 2.45) is 0 Å². The molecular weight excluding hydrogens is 208 g/mol. The molecule has 0 amide bonds. The maximum atomic E-state index is 9.58. The second-order valence-electron chi connectivity index (χ2n) is 3.70. The Bertz CT molecular complexity index is 338. The number of hydrogen-bond acceptors (Lipinski definition) is 3. The minimum atomic E-state index is -2.56. The van der Waals surface area contributed by atoms with E-state index in [1.54, 1.807) is 20.2 Å². The summed E-state index contributed by atoms with van der Waals surface area (Å²) in [6.07, 6.45) is 0. The summed E-state index contributed by atoms with van der Waals surface area (Å²) in [5.41, 5.74) is 0.852. The minimum absolute atomic E-state index is 0.497. The molecule has 15 heavy (non-hydrogen) atoms. The van der Waals surface area contributed by atoms with Gasteiger partial charge in [0.2, 0.25) is 0 Å². The largest absolute Gasteiger partial charge is 0.520 e. The Labute approximate surface area is 91.2 Å². The van der Waals surface area contributed by atoms with Crippen LogP contribution in [0.15, 0.2) is 30.8 Å². The van der Waals surface area contributed by atoms with E-state index in [0.717, 1.165) is 11.3 Å². The van der Waals surface area contributed by atoms with E-state index in [0.29, 0.717) is 5.76 Å². The summed E-state index contributed by atoms with van der Waals surface area (Å²) in [5.74, 6) is 1.28. The van der Waals surface area contributed by atoms with Crippen LogP contribution < -0.4 is 4.74 Å². The van der Waals surface area contributed by atoms with E-state index in [4.69, 9.17) is 9.16 Å². The molecule has 0 spiro atoms. The van der Waals surface area contributed by atoms with Gasteiger partial charge in [0.1, 0.15) is 11.5 Å². The zero-order valence-corrected chi connectivity index (χ0v) is 10.3. The normalized spacial score (nSPS) is 10.9. The van der Waals surface area contributed by atoms with Crippen molar-refractivity contribution in [3.8, 4) is 5.75 Å². The molecule has 0 aromatic heterocycles. The summed E-state index contributed by atoms with van der Waals surface area (Å²) in [6.45, 7) is 7.17.